The molecule has 0 radical (unpaired) electrons. The molecular formula is C19H19N5S. The van der Waals surface area contributed by atoms with Gasteiger partial charge in [0.1, 0.15) is 0 Å². The summed E-state index contributed by atoms with van der Waals surface area (Å²) in [5.41, 5.74) is 0.964. The van der Waals surface area contributed by atoms with Gasteiger partial charge in [-0.2, -0.15) is 4.68 Å². The van der Waals surface area contributed by atoms with Crippen LogP contribution in [-0.4, -0.2) is 20.2 Å². The summed E-state index contributed by atoms with van der Waals surface area (Å²) < 4.78 is 3.10. The summed E-state index contributed by atoms with van der Waals surface area (Å²) >= 11 is 1.82. The molecule has 0 saturated heterocycles. The highest BCUT2D eigenvalue weighted by Crippen LogP contribution is 2.30. The van der Waals surface area contributed by atoms with E-state index in [9.17, 15) is 0 Å². The van der Waals surface area contributed by atoms with Gasteiger partial charge in [0, 0.05) is 15.6 Å². The van der Waals surface area contributed by atoms with E-state index in [-0.39, 0.29) is 12.1 Å². The van der Waals surface area contributed by atoms with Crippen LogP contribution in [0.5, 0.6) is 0 Å². The van der Waals surface area contributed by atoms with E-state index in [0.717, 1.165) is 11.5 Å². The fourth-order valence-corrected chi connectivity index (χ4v) is 4.04. The second-order valence-corrected chi connectivity index (χ2v) is 7.20. The lowest BCUT2D eigenvalue weighted by Crippen LogP contribution is -2.24. The summed E-state index contributed by atoms with van der Waals surface area (Å²) in [5, 5.41) is 17.1. The summed E-state index contributed by atoms with van der Waals surface area (Å²) in [7, 11) is 0. The Morgan fingerprint density at radius 2 is 1.72 bits per heavy atom. The molecule has 126 valence electrons. The van der Waals surface area contributed by atoms with Crippen LogP contribution in [0.2, 0.25) is 0 Å². The topological polar surface area (TPSA) is 55.6 Å². The minimum atomic E-state index is 0.0235. The van der Waals surface area contributed by atoms with Gasteiger partial charge >= 0.3 is 0 Å². The van der Waals surface area contributed by atoms with Crippen LogP contribution >= 0.6 is 11.3 Å². The van der Waals surface area contributed by atoms with E-state index in [2.05, 4.69) is 65.0 Å². The van der Waals surface area contributed by atoms with Crippen molar-refractivity contribution < 1.29 is 0 Å². The Bertz CT molecular complexity index is 943. The summed E-state index contributed by atoms with van der Waals surface area (Å²) in [5.74, 6) is 0.805. The normalized spacial score (nSPS) is 13.8. The zero-order chi connectivity index (χ0) is 17.2. The Kier molecular flexibility index (Phi) is 4.29. The maximum Gasteiger partial charge on any atom is 0.173 e. The highest BCUT2D eigenvalue weighted by molar-refractivity contribution is 7.19. The first-order valence-electron chi connectivity index (χ1n) is 8.30. The first-order chi connectivity index (χ1) is 12.2. The van der Waals surface area contributed by atoms with Gasteiger partial charge in [-0.25, -0.2) is 0 Å². The average molecular weight is 349 g/mol. The van der Waals surface area contributed by atoms with Crippen LogP contribution in [0.3, 0.4) is 0 Å². The number of tetrazole rings is 1. The molecule has 2 aromatic carbocycles. The molecule has 0 amide bonds. The van der Waals surface area contributed by atoms with Crippen LogP contribution < -0.4 is 5.32 Å². The van der Waals surface area contributed by atoms with Crippen molar-refractivity contribution in [2.24, 2.45) is 0 Å². The largest absolute Gasteiger partial charge is 0.300 e. The van der Waals surface area contributed by atoms with Crippen molar-refractivity contribution in [3.05, 3.63) is 71.4 Å². The molecule has 4 aromatic rings. The summed E-state index contributed by atoms with van der Waals surface area (Å²) in [4.78, 5) is 1.31. The van der Waals surface area contributed by atoms with Gasteiger partial charge in [0.15, 0.2) is 5.82 Å². The molecule has 25 heavy (non-hydrogen) atoms. The summed E-state index contributed by atoms with van der Waals surface area (Å²) in [6.07, 6.45) is 0. The van der Waals surface area contributed by atoms with Crippen molar-refractivity contribution in [3.63, 3.8) is 0 Å². The van der Waals surface area contributed by atoms with Gasteiger partial charge in [-0.3, -0.25) is 0 Å². The van der Waals surface area contributed by atoms with Crippen molar-refractivity contribution in [2.75, 3.05) is 0 Å². The monoisotopic (exact) mass is 349 g/mol. The lowest BCUT2D eigenvalue weighted by molar-refractivity contribution is 0.473. The predicted octanol–water partition coefficient (Wildman–Crippen LogP) is 4.29. The molecule has 0 aliphatic heterocycles. The number of hydrogen-bond acceptors (Lipinski definition) is 5. The number of aromatic nitrogens is 4. The van der Waals surface area contributed by atoms with Crippen LogP contribution in [0.15, 0.2) is 60.7 Å². The van der Waals surface area contributed by atoms with E-state index in [1.165, 1.54) is 15.0 Å². The Labute approximate surface area is 150 Å². The smallest absolute Gasteiger partial charge is 0.173 e. The quantitative estimate of drug-likeness (QED) is 0.584. The van der Waals surface area contributed by atoms with E-state index in [4.69, 9.17) is 0 Å². The second-order valence-electron chi connectivity index (χ2n) is 6.08. The molecule has 0 bridgehead atoms. The minimum absolute atomic E-state index is 0.0235. The molecular weight excluding hydrogens is 330 g/mol. The molecule has 0 fully saturated rings. The Morgan fingerprint density at radius 1 is 0.960 bits per heavy atom. The Balaban J connectivity index is 1.56. The molecule has 2 aromatic heterocycles. The van der Waals surface area contributed by atoms with Crippen LogP contribution in [0.4, 0.5) is 0 Å². The van der Waals surface area contributed by atoms with E-state index < -0.39 is 0 Å². The Hall–Kier alpha value is -2.57. The first kappa shape index (κ1) is 15.9. The third kappa shape index (κ3) is 3.18. The van der Waals surface area contributed by atoms with Gasteiger partial charge in [0.2, 0.25) is 0 Å². The van der Waals surface area contributed by atoms with Crippen molar-refractivity contribution in [3.8, 4) is 5.69 Å². The van der Waals surface area contributed by atoms with Crippen LogP contribution in [0.25, 0.3) is 15.8 Å². The van der Waals surface area contributed by atoms with Gasteiger partial charge in [-0.15, -0.1) is 16.4 Å². The lowest BCUT2D eigenvalue weighted by Gasteiger charge is -2.18. The third-order valence-electron chi connectivity index (χ3n) is 4.25. The third-order valence-corrected chi connectivity index (χ3v) is 5.55. The number of fused-ring (bicyclic) bond motifs is 1. The fraction of sp³-hybridized carbons (Fsp3) is 0.211. The van der Waals surface area contributed by atoms with Crippen molar-refractivity contribution >= 4 is 21.4 Å². The number of para-hydroxylation sites is 1. The number of hydrogen-bond donors (Lipinski definition) is 1. The van der Waals surface area contributed by atoms with Crippen LogP contribution in [0, 0.1) is 0 Å². The standard InChI is InChI=1S/C19H19N5S/c1-13(18-12-15-8-6-7-11-17(15)25-18)20-14(2)19-21-22-23-24(19)16-9-4-3-5-10-16/h3-14,20H,1-2H3/t13-,14+/m0/s1. The molecule has 2 heterocycles. The number of rotatable bonds is 5. The van der Waals surface area contributed by atoms with Gasteiger partial charge in [-0.05, 0) is 53.9 Å². The van der Waals surface area contributed by atoms with Crippen molar-refractivity contribution in [1.29, 1.82) is 0 Å². The van der Waals surface area contributed by atoms with Crippen molar-refractivity contribution in [2.45, 2.75) is 25.9 Å². The molecule has 1 N–H and O–H groups in total. The molecule has 0 aliphatic carbocycles. The molecule has 0 aliphatic rings. The number of benzene rings is 2. The highest BCUT2D eigenvalue weighted by atomic mass is 32.1. The van der Waals surface area contributed by atoms with E-state index in [1.807, 2.05) is 41.7 Å². The molecule has 0 saturated carbocycles. The summed E-state index contributed by atoms with van der Waals surface area (Å²) in [6.45, 7) is 4.27. The number of thiophene rings is 1. The van der Waals surface area contributed by atoms with Gasteiger partial charge in [0.25, 0.3) is 0 Å². The van der Waals surface area contributed by atoms with E-state index >= 15 is 0 Å². The summed E-state index contributed by atoms with van der Waals surface area (Å²) in [6, 6.07) is 20.9. The molecule has 5 nitrogen and oxygen atoms in total. The maximum absolute atomic E-state index is 4.22. The first-order valence-corrected chi connectivity index (χ1v) is 9.12. The lowest BCUT2D eigenvalue weighted by atomic mass is 10.2. The molecule has 0 unspecified atom stereocenters. The van der Waals surface area contributed by atoms with Crippen molar-refractivity contribution in [1.82, 2.24) is 25.5 Å². The maximum atomic E-state index is 4.22. The zero-order valence-electron chi connectivity index (χ0n) is 14.1. The zero-order valence-corrected chi connectivity index (χ0v) is 14.9. The highest BCUT2D eigenvalue weighted by Gasteiger charge is 2.19. The minimum Gasteiger partial charge on any atom is -0.300 e. The van der Waals surface area contributed by atoms with E-state index in [1.54, 1.807) is 4.68 Å². The SMILES string of the molecule is C[C@H](N[C@H](C)c1nnnn1-c1ccccc1)c1cc2ccccc2s1. The molecule has 2 atom stereocenters. The van der Waals surface area contributed by atoms with Crippen LogP contribution in [0.1, 0.15) is 36.6 Å². The second kappa shape index (κ2) is 6.74. The predicted molar refractivity (Wildman–Crippen MR) is 101 cm³/mol. The number of nitrogens with zero attached hydrogens (tertiary/aromatic N) is 4. The molecule has 4 rings (SSSR count). The molecule has 0 spiro atoms. The van der Waals surface area contributed by atoms with E-state index in [0.29, 0.717) is 0 Å². The fourth-order valence-electron chi connectivity index (χ4n) is 2.96. The van der Waals surface area contributed by atoms with Gasteiger partial charge in [0.05, 0.1) is 11.7 Å². The van der Waals surface area contributed by atoms with Crippen LogP contribution in [-0.2, 0) is 0 Å². The molecule has 6 heteroatoms. The number of nitrogens with one attached hydrogen (secondary N) is 1. The Morgan fingerprint density at radius 3 is 2.52 bits per heavy atom. The average Bonchev–Trinajstić information content (AvgIpc) is 3.29. The van der Waals surface area contributed by atoms with Gasteiger partial charge in [-0.1, -0.05) is 36.4 Å². The van der Waals surface area contributed by atoms with Gasteiger partial charge < -0.3 is 5.32 Å².